The van der Waals surface area contributed by atoms with E-state index in [0.717, 1.165) is 5.56 Å². The highest BCUT2D eigenvalue weighted by Gasteiger charge is 2.13. The number of halogens is 1. The van der Waals surface area contributed by atoms with Gasteiger partial charge in [0.25, 0.3) is 0 Å². The molecular formula is C13H12ClNO2. The van der Waals surface area contributed by atoms with E-state index in [1.165, 1.54) is 13.2 Å². The fourth-order valence-electron chi connectivity index (χ4n) is 1.71. The van der Waals surface area contributed by atoms with E-state index in [4.69, 9.17) is 16.3 Å². The smallest absolute Gasteiger partial charge is 0.197 e. The molecule has 0 saturated carbocycles. The van der Waals surface area contributed by atoms with Crippen molar-refractivity contribution < 1.29 is 4.74 Å². The van der Waals surface area contributed by atoms with Crippen LogP contribution in [-0.4, -0.2) is 11.7 Å². The molecule has 88 valence electrons. The summed E-state index contributed by atoms with van der Waals surface area (Å²) in [5.74, 6) is 0.444. The summed E-state index contributed by atoms with van der Waals surface area (Å²) in [4.78, 5) is 12.0. The van der Waals surface area contributed by atoms with Crippen LogP contribution in [0.25, 0.3) is 11.1 Å². The van der Waals surface area contributed by atoms with Gasteiger partial charge in [0.05, 0.1) is 12.7 Å². The fourth-order valence-corrected chi connectivity index (χ4v) is 1.99. The number of nitrogens with zero attached hydrogens (tertiary/aromatic N) is 1. The van der Waals surface area contributed by atoms with E-state index in [9.17, 15) is 4.79 Å². The minimum atomic E-state index is -0.142. The van der Waals surface area contributed by atoms with Gasteiger partial charge in [0.1, 0.15) is 5.15 Å². The first-order chi connectivity index (χ1) is 8.15. The van der Waals surface area contributed by atoms with Gasteiger partial charge in [0, 0.05) is 13.1 Å². The van der Waals surface area contributed by atoms with Crippen molar-refractivity contribution in [3.63, 3.8) is 0 Å². The van der Waals surface area contributed by atoms with Crippen molar-refractivity contribution >= 4 is 11.6 Å². The fraction of sp³-hybridized carbons (Fsp3) is 0.154. The molecule has 0 bridgehead atoms. The largest absolute Gasteiger partial charge is 0.482 e. The van der Waals surface area contributed by atoms with E-state index in [2.05, 4.69) is 0 Å². The number of pyridine rings is 1. The minimum Gasteiger partial charge on any atom is -0.482 e. The Hall–Kier alpha value is -1.74. The predicted octanol–water partition coefficient (Wildman–Crippen LogP) is 2.71. The van der Waals surface area contributed by atoms with Crippen LogP contribution in [0.2, 0.25) is 5.15 Å². The summed E-state index contributed by atoms with van der Waals surface area (Å²) in [5.41, 5.74) is 1.16. The number of hydrogen-bond donors (Lipinski definition) is 0. The van der Waals surface area contributed by atoms with Crippen LogP contribution in [0.15, 0.2) is 41.2 Å². The van der Waals surface area contributed by atoms with Gasteiger partial charge < -0.3 is 9.30 Å². The summed E-state index contributed by atoms with van der Waals surface area (Å²) < 4.78 is 6.72. The van der Waals surface area contributed by atoms with E-state index in [0.29, 0.717) is 16.6 Å². The molecule has 0 saturated heterocycles. The normalized spacial score (nSPS) is 10.3. The quantitative estimate of drug-likeness (QED) is 0.767. The summed E-state index contributed by atoms with van der Waals surface area (Å²) in [6.45, 7) is 0. The van der Waals surface area contributed by atoms with E-state index in [-0.39, 0.29) is 5.43 Å². The Bertz CT molecular complexity index is 590. The summed E-state index contributed by atoms with van der Waals surface area (Å²) in [5, 5.41) is 0.376. The topological polar surface area (TPSA) is 31.2 Å². The molecule has 0 radical (unpaired) electrons. The van der Waals surface area contributed by atoms with Crippen LogP contribution in [0.5, 0.6) is 5.88 Å². The van der Waals surface area contributed by atoms with Crippen molar-refractivity contribution in [2.45, 2.75) is 0 Å². The lowest BCUT2D eigenvalue weighted by molar-refractivity contribution is 0.378. The van der Waals surface area contributed by atoms with Crippen molar-refractivity contribution in [3.05, 3.63) is 51.8 Å². The van der Waals surface area contributed by atoms with E-state index >= 15 is 0 Å². The lowest BCUT2D eigenvalue weighted by atomic mass is 10.1. The molecule has 0 fully saturated rings. The number of ether oxygens (including phenoxy) is 1. The Labute approximate surface area is 104 Å². The van der Waals surface area contributed by atoms with Crippen LogP contribution >= 0.6 is 11.6 Å². The second kappa shape index (κ2) is 4.63. The molecule has 0 amide bonds. The average Bonchev–Trinajstić information content (AvgIpc) is 2.35. The molecule has 1 heterocycles. The van der Waals surface area contributed by atoms with Crippen molar-refractivity contribution in [2.24, 2.45) is 7.05 Å². The van der Waals surface area contributed by atoms with Gasteiger partial charge >= 0.3 is 0 Å². The average molecular weight is 250 g/mol. The van der Waals surface area contributed by atoms with Crippen LogP contribution in [-0.2, 0) is 7.05 Å². The Morgan fingerprint density at radius 1 is 1.24 bits per heavy atom. The van der Waals surface area contributed by atoms with Crippen LogP contribution in [0, 0.1) is 0 Å². The molecule has 0 aliphatic rings. The molecule has 0 atom stereocenters. The molecule has 0 N–H and O–H groups in total. The van der Waals surface area contributed by atoms with Crippen LogP contribution < -0.4 is 10.2 Å². The first-order valence-electron chi connectivity index (χ1n) is 5.14. The molecule has 1 aromatic heterocycles. The third-order valence-electron chi connectivity index (χ3n) is 2.60. The van der Waals surface area contributed by atoms with Gasteiger partial charge in [-0.15, -0.1) is 0 Å². The molecule has 2 aromatic rings. The maximum Gasteiger partial charge on any atom is 0.197 e. The Morgan fingerprint density at radius 3 is 2.47 bits per heavy atom. The summed E-state index contributed by atoms with van der Waals surface area (Å²) in [6.07, 6.45) is 0. The van der Waals surface area contributed by atoms with Gasteiger partial charge in [0.15, 0.2) is 11.3 Å². The molecular weight excluding hydrogens is 238 g/mol. The molecule has 0 aliphatic carbocycles. The number of benzene rings is 1. The zero-order chi connectivity index (χ0) is 12.4. The highest BCUT2D eigenvalue weighted by Crippen LogP contribution is 2.26. The summed E-state index contributed by atoms with van der Waals surface area (Å²) in [6, 6.07) is 10.8. The Balaban J connectivity index is 2.72. The Morgan fingerprint density at radius 2 is 1.88 bits per heavy atom. The van der Waals surface area contributed by atoms with Gasteiger partial charge in [-0.25, -0.2) is 0 Å². The van der Waals surface area contributed by atoms with Crippen LogP contribution in [0.3, 0.4) is 0 Å². The SMILES string of the molecule is COc1cc(=O)c(-c2ccccc2)c(Cl)n1C. The van der Waals surface area contributed by atoms with E-state index in [1.54, 1.807) is 11.6 Å². The van der Waals surface area contributed by atoms with Crippen molar-refractivity contribution in [1.82, 2.24) is 4.57 Å². The lowest BCUT2D eigenvalue weighted by Crippen LogP contribution is -2.11. The third-order valence-corrected chi connectivity index (χ3v) is 3.05. The second-order valence-electron chi connectivity index (χ2n) is 3.64. The number of hydrogen-bond acceptors (Lipinski definition) is 2. The molecule has 0 aliphatic heterocycles. The zero-order valence-electron chi connectivity index (χ0n) is 9.61. The van der Waals surface area contributed by atoms with E-state index in [1.807, 2.05) is 30.3 Å². The molecule has 0 spiro atoms. The minimum absolute atomic E-state index is 0.142. The third kappa shape index (κ3) is 2.06. The molecule has 0 unspecified atom stereocenters. The molecule has 17 heavy (non-hydrogen) atoms. The summed E-state index contributed by atoms with van der Waals surface area (Å²) >= 11 is 6.20. The number of methoxy groups -OCH3 is 1. The maximum atomic E-state index is 12.0. The van der Waals surface area contributed by atoms with E-state index < -0.39 is 0 Å². The standard InChI is InChI=1S/C13H12ClNO2/c1-15-11(17-2)8-10(16)12(13(15)14)9-6-4-3-5-7-9/h3-8H,1-2H3. The predicted molar refractivity (Wildman–Crippen MR) is 68.7 cm³/mol. The molecule has 1 aromatic carbocycles. The van der Waals surface area contributed by atoms with Gasteiger partial charge in [-0.1, -0.05) is 41.9 Å². The monoisotopic (exact) mass is 249 g/mol. The summed E-state index contributed by atoms with van der Waals surface area (Å²) in [7, 11) is 3.26. The maximum absolute atomic E-state index is 12.0. The first-order valence-corrected chi connectivity index (χ1v) is 5.52. The van der Waals surface area contributed by atoms with Gasteiger partial charge in [-0.2, -0.15) is 0 Å². The highest BCUT2D eigenvalue weighted by molar-refractivity contribution is 6.32. The van der Waals surface area contributed by atoms with Crippen LogP contribution in [0.4, 0.5) is 0 Å². The zero-order valence-corrected chi connectivity index (χ0v) is 10.4. The van der Waals surface area contributed by atoms with Crippen LogP contribution in [0.1, 0.15) is 0 Å². The van der Waals surface area contributed by atoms with Crippen molar-refractivity contribution in [2.75, 3.05) is 7.11 Å². The van der Waals surface area contributed by atoms with Gasteiger partial charge in [0.2, 0.25) is 0 Å². The van der Waals surface area contributed by atoms with Crippen molar-refractivity contribution in [1.29, 1.82) is 0 Å². The number of rotatable bonds is 2. The Kier molecular flexibility index (Phi) is 3.20. The lowest BCUT2D eigenvalue weighted by Gasteiger charge is -2.12. The molecule has 3 nitrogen and oxygen atoms in total. The van der Waals surface area contributed by atoms with Gasteiger partial charge in [-0.05, 0) is 5.56 Å². The first kappa shape index (κ1) is 11.7. The molecule has 4 heteroatoms. The highest BCUT2D eigenvalue weighted by atomic mass is 35.5. The molecule has 2 rings (SSSR count). The number of aromatic nitrogens is 1. The second-order valence-corrected chi connectivity index (χ2v) is 4.00. The van der Waals surface area contributed by atoms with Gasteiger partial charge in [-0.3, -0.25) is 4.79 Å². The van der Waals surface area contributed by atoms with Crippen molar-refractivity contribution in [3.8, 4) is 17.0 Å².